The van der Waals surface area contributed by atoms with Gasteiger partial charge in [0.25, 0.3) is 5.91 Å². The van der Waals surface area contributed by atoms with Crippen LogP contribution in [0.4, 0.5) is 0 Å². The molecule has 0 spiro atoms. The van der Waals surface area contributed by atoms with E-state index < -0.39 is 0 Å². The molecule has 2 atom stereocenters. The van der Waals surface area contributed by atoms with E-state index in [1.165, 1.54) is 11.3 Å². The molecule has 94 valence electrons. The summed E-state index contributed by atoms with van der Waals surface area (Å²) in [7, 11) is 0. The normalized spacial score (nSPS) is 25.1. The molecule has 0 bridgehead atoms. The van der Waals surface area contributed by atoms with Crippen molar-refractivity contribution < 1.29 is 4.79 Å². The van der Waals surface area contributed by atoms with E-state index in [0.29, 0.717) is 12.5 Å². The summed E-state index contributed by atoms with van der Waals surface area (Å²) in [4.78, 5) is 14.9. The van der Waals surface area contributed by atoms with Gasteiger partial charge in [-0.05, 0) is 50.3 Å². The average Bonchev–Trinajstić information content (AvgIpc) is 2.62. The predicted octanol–water partition coefficient (Wildman–Crippen LogP) is 3.08. The SMILES string of the molecule is CC1CCN(C(=O)c2cc(Br)c(Br)s2)CC1N. The third kappa shape index (κ3) is 2.92. The summed E-state index contributed by atoms with van der Waals surface area (Å²) in [5, 5.41) is 0. The van der Waals surface area contributed by atoms with Crippen LogP contribution in [0, 0.1) is 5.92 Å². The number of nitrogens with zero attached hydrogens (tertiary/aromatic N) is 1. The number of halogens is 2. The van der Waals surface area contributed by atoms with Crippen molar-refractivity contribution >= 4 is 49.1 Å². The first kappa shape index (κ1) is 13.5. The summed E-state index contributed by atoms with van der Waals surface area (Å²) in [6, 6.07) is 1.96. The monoisotopic (exact) mass is 380 g/mol. The van der Waals surface area contributed by atoms with Gasteiger partial charge in [0.05, 0.1) is 8.66 Å². The minimum atomic E-state index is 0.0868. The zero-order valence-corrected chi connectivity index (χ0v) is 13.4. The van der Waals surface area contributed by atoms with Crippen molar-refractivity contribution in [1.82, 2.24) is 4.90 Å². The number of amides is 1. The third-order valence-electron chi connectivity index (χ3n) is 3.16. The van der Waals surface area contributed by atoms with Gasteiger partial charge in [0.2, 0.25) is 0 Å². The predicted molar refractivity (Wildman–Crippen MR) is 77.4 cm³/mol. The maximum absolute atomic E-state index is 12.3. The Kier molecular flexibility index (Phi) is 4.28. The highest BCUT2D eigenvalue weighted by Crippen LogP contribution is 2.33. The van der Waals surface area contributed by atoms with Crippen molar-refractivity contribution in [2.75, 3.05) is 13.1 Å². The summed E-state index contributed by atoms with van der Waals surface area (Å²) in [6.45, 7) is 3.61. The lowest BCUT2D eigenvalue weighted by atomic mass is 9.94. The molecule has 2 heterocycles. The fourth-order valence-electron chi connectivity index (χ4n) is 1.89. The molecule has 0 aliphatic carbocycles. The number of nitrogens with two attached hydrogens (primary N) is 1. The van der Waals surface area contributed by atoms with Crippen molar-refractivity contribution in [2.45, 2.75) is 19.4 Å². The maximum atomic E-state index is 12.3. The van der Waals surface area contributed by atoms with Crippen molar-refractivity contribution in [2.24, 2.45) is 11.7 Å². The van der Waals surface area contributed by atoms with Crippen LogP contribution < -0.4 is 5.73 Å². The number of hydrogen-bond donors (Lipinski definition) is 1. The van der Waals surface area contributed by atoms with Crippen LogP contribution in [-0.4, -0.2) is 29.9 Å². The number of carbonyl (C=O) groups excluding carboxylic acids is 1. The van der Waals surface area contributed by atoms with Crippen LogP contribution in [0.15, 0.2) is 14.3 Å². The summed E-state index contributed by atoms with van der Waals surface area (Å²) >= 11 is 8.26. The number of hydrogen-bond acceptors (Lipinski definition) is 3. The minimum absolute atomic E-state index is 0.0868. The third-order valence-corrected chi connectivity index (χ3v) is 6.40. The molecule has 0 radical (unpaired) electrons. The molecule has 3 nitrogen and oxygen atoms in total. The van der Waals surface area contributed by atoms with Gasteiger partial charge >= 0.3 is 0 Å². The molecule has 2 N–H and O–H groups in total. The minimum Gasteiger partial charge on any atom is -0.336 e. The fraction of sp³-hybridized carbons (Fsp3) is 0.545. The number of rotatable bonds is 1. The van der Waals surface area contributed by atoms with Gasteiger partial charge in [-0.15, -0.1) is 11.3 Å². The van der Waals surface area contributed by atoms with Crippen LogP contribution in [0.25, 0.3) is 0 Å². The Morgan fingerprint density at radius 3 is 2.82 bits per heavy atom. The Morgan fingerprint density at radius 2 is 2.29 bits per heavy atom. The zero-order valence-electron chi connectivity index (χ0n) is 9.45. The Morgan fingerprint density at radius 1 is 1.59 bits per heavy atom. The average molecular weight is 382 g/mol. The Bertz CT molecular complexity index is 416. The Balaban J connectivity index is 2.10. The molecule has 0 saturated carbocycles. The number of piperidine rings is 1. The van der Waals surface area contributed by atoms with Crippen molar-refractivity contribution in [3.05, 3.63) is 19.2 Å². The van der Waals surface area contributed by atoms with Gasteiger partial charge in [-0.25, -0.2) is 0 Å². The molecule has 2 unspecified atom stereocenters. The van der Waals surface area contributed by atoms with Crippen LogP contribution in [0.5, 0.6) is 0 Å². The number of carbonyl (C=O) groups is 1. The highest BCUT2D eigenvalue weighted by Gasteiger charge is 2.27. The van der Waals surface area contributed by atoms with Gasteiger partial charge in [0.15, 0.2) is 0 Å². The van der Waals surface area contributed by atoms with E-state index in [9.17, 15) is 4.79 Å². The lowest BCUT2D eigenvalue weighted by Gasteiger charge is -2.34. The van der Waals surface area contributed by atoms with Gasteiger partial charge in [-0.3, -0.25) is 4.79 Å². The topological polar surface area (TPSA) is 46.3 Å². The fourth-order valence-corrected chi connectivity index (χ4v) is 3.90. The first-order valence-electron chi connectivity index (χ1n) is 5.48. The van der Waals surface area contributed by atoms with E-state index in [0.717, 1.165) is 26.1 Å². The molecule has 1 aliphatic rings. The first-order chi connectivity index (χ1) is 7.99. The maximum Gasteiger partial charge on any atom is 0.264 e. The van der Waals surface area contributed by atoms with Crippen LogP contribution in [0.2, 0.25) is 0 Å². The van der Waals surface area contributed by atoms with Crippen molar-refractivity contribution in [1.29, 1.82) is 0 Å². The van der Waals surface area contributed by atoms with E-state index in [1.54, 1.807) is 0 Å². The molecule has 1 aromatic heterocycles. The second-order valence-corrected chi connectivity index (χ2v) is 7.64. The standard InChI is InChI=1S/C11H14Br2N2OS/c1-6-2-3-15(5-8(6)14)11(16)9-4-7(12)10(13)17-9/h4,6,8H,2-3,5,14H2,1H3. The highest BCUT2D eigenvalue weighted by molar-refractivity contribution is 9.13. The van der Waals surface area contributed by atoms with E-state index in [2.05, 4.69) is 38.8 Å². The van der Waals surface area contributed by atoms with Crippen molar-refractivity contribution in [3.63, 3.8) is 0 Å². The van der Waals surface area contributed by atoms with Gasteiger partial charge in [-0.1, -0.05) is 6.92 Å². The summed E-state index contributed by atoms with van der Waals surface area (Å²) in [5.41, 5.74) is 6.01. The van der Waals surface area contributed by atoms with Crippen LogP contribution >= 0.6 is 43.2 Å². The molecule has 0 aromatic carbocycles. The second-order valence-electron chi connectivity index (χ2n) is 4.41. The van der Waals surface area contributed by atoms with E-state index in [4.69, 9.17) is 5.73 Å². The number of likely N-dealkylation sites (tertiary alicyclic amines) is 1. The smallest absolute Gasteiger partial charge is 0.264 e. The largest absolute Gasteiger partial charge is 0.336 e. The molecule has 1 saturated heterocycles. The number of thiophene rings is 1. The second kappa shape index (κ2) is 5.38. The molecular weight excluding hydrogens is 368 g/mol. The van der Waals surface area contributed by atoms with Gasteiger partial charge in [0, 0.05) is 23.6 Å². The Hall–Kier alpha value is 0.0900. The van der Waals surface area contributed by atoms with Crippen LogP contribution in [0.3, 0.4) is 0 Å². The molecule has 2 rings (SSSR count). The molecule has 6 heteroatoms. The van der Waals surface area contributed by atoms with E-state index in [-0.39, 0.29) is 11.9 Å². The summed E-state index contributed by atoms with van der Waals surface area (Å²) < 4.78 is 1.89. The zero-order chi connectivity index (χ0) is 12.6. The highest BCUT2D eigenvalue weighted by atomic mass is 79.9. The molecule has 17 heavy (non-hydrogen) atoms. The molecule has 1 aliphatic heterocycles. The van der Waals surface area contributed by atoms with Crippen LogP contribution in [0.1, 0.15) is 23.0 Å². The molecule has 1 amide bonds. The van der Waals surface area contributed by atoms with Crippen LogP contribution in [-0.2, 0) is 0 Å². The molecule has 1 fully saturated rings. The Labute approximate surface area is 122 Å². The summed E-state index contributed by atoms with van der Waals surface area (Å²) in [5.74, 6) is 0.588. The van der Waals surface area contributed by atoms with Gasteiger partial charge in [-0.2, -0.15) is 0 Å². The van der Waals surface area contributed by atoms with Crippen molar-refractivity contribution in [3.8, 4) is 0 Å². The molecular formula is C11H14Br2N2OS. The van der Waals surface area contributed by atoms with Gasteiger partial charge in [0.1, 0.15) is 0 Å². The summed E-state index contributed by atoms with van der Waals surface area (Å²) in [6.07, 6.45) is 0.987. The lowest BCUT2D eigenvalue weighted by molar-refractivity contribution is 0.0677. The van der Waals surface area contributed by atoms with E-state index in [1.807, 2.05) is 11.0 Å². The van der Waals surface area contributed by atoms with Gasteiger partial charge < -0.3 is 10.6 Å². The quantitative estimate of drug-likeness (QED) is 0.812. The molecule has 1 aromatic rings. The lowest BCUT2D eigenvalue weighted by Crippen LogP contribution is -2.49. The first-order valence-corrected chi connectivity index (χ1v) is 7.89. The van der Waals surface area contributed by atoms with E-state index >= 15 is 0 Å².